The van der Waals surface area contributed by atoms with E-state index in [9.17, 15) is 0 Å². The van der Waals surface area contributed by atoms with Crippen LogP contribution in [0.4, 0.5) is 0 Å². The third-order valence-electron chi connectivity index (χ3n) is 2.35. The molecule has 0 unspecified atom stereocenters. The van der Waals surface area contributed by atoms with Gasteiger partial charge in [0.15, 0.2) is 0 Å². The number of rotatable bonds is 0. The maximum Gasteiger partial charge on any atom is 0.104 e. The Morgan fingerprint density at radius 2 is 2.20 bits per heavy atom. The van der Waals surface area contributed by atoms with Crippen molar-refractivity contribution in [2.24, 2.45) is 0 Å². The summed E-state index contributed by atoms with van der Waals surface area (Å²) in [4.78, 5) is 0. The average Bonchev–Trinajstić information content (AvgIpc) is 2.66. The van der Waals surface area contributed by atoms with Crippen molar-refractivity contribution in [3.8, 4) is 0 Å². The maximum atomic E-state index is 3.96. The van der Waals surface area contributed by atoms with Gasteiger partial charge in [0.05, 0.1) is 0 Å². The predicted octanol–water partition coefficient (Wildman–Crippen LogP) is 1.38. The molecule has 1 radical (unpaired) electrons. The van der Waals surface area contributed by atoms with Crippen molar-refractivity contribution in [1.82, 2.24) is 20.0 Å². The smallest absolute Gasteiger partial charge is 0.104 e. The van der Waals surface area contributed by atoms with Crippen LogP contribution in [0.1, 0.15) is 5.56 Å². The van der Waals surface area contributed by atoms with Gasteiger partial charge in [-0.25, -0.2) is 4.52 Å². The molecule has 3 aromatic rings. The molecule has 5 heteroatoms. The van der Waals surface area contributed by atoms with E-state index in [0.717, 1.165) is 16.4 Å². The fourth-order valence-corrected chi connectivity index (χ4v) is 1.62. The Morgan fingerprint density at radius 3 is 3.07 bits per heavy atom. The summed E-state index contributed by atoms with van der Waals surface area (Å²) in [6, 6.07) is 9.09. The van der Waals surface area contributed by atoms with E-state index in [1.54, 1.807) is 4.52 Å². The Labute approximate surface area is 99.6 Å². The van der Waals surface area contributed by atoms with Crippen molar-refractivity contribution in [2.75, 3.05) is 0 Å². The van der Waals surface area contributed by atoms with Crippen LogP contribution in [0.5, 0.6) is 0 Å². The minimum atomic E-state index is 0. The first-order valence-electron chi connectivity index (χ1n) is 4.34. The Morgan fingerprint density at radius 1 is 1.33 bits per heavy atom. The summed E-state index contributed by atoms with van der Waals surface area (Å²) >= 11 is 0. The Hall–Kier alpha value is -1.32. The summed E-state index contributed by atoms with van der Waals surface area (Å²) in [6.07, 6.45) is 1.86. The fourth-order valence-electron chi connectivity index (χ4n) is 1.62. The zero-order valence-electron chi connectivity index (χ0n) is 7.93. The molecule has 0 spiro atoms. The molecule has 2 heterocycles. The Kier molecular flexibility index (Phi) is 2.50. The minimum Gasteiger partial charge on any atom is -0.241 e. The molecule has 0 saturated heterocycles. The first-order valence-corrected chi connectivity index (χ1v) is 4.34. The molecule has 0 aliphatic rings. The van der Waals surface area contributed by atoms with Crippen molar-refractivity contribution in [1.29, 1.82) is 0 Å². The molecule has 0 N–H and O–H groups in total. The number of nitrogens with zero attached hydrogens (tertiary/aromatic N) is 4. The van der Waals surface area contributed by atoms with E-state index in [1.807, 2.05) is 24.4 Å². The molecule has 15 heavy (non-hydrogen) atoms. The van der Waals surface area contributed by atoms with Crippen molar-refractivity contribution >= 4 is 16.4 Å². The monoisotopic (exact) mass is 376 g/mol. The van der Waals surface area contributed by atoms with E-state index in [1.165, 1.54) is 5.56 Å². The number of aromatic nitrogens is 4. The summed E-state index contributed by atoms with van der Waals surface area (Å²) in [5.41, 5.74) is 1.97. The van der Waals surface area contributed by atoms with E-state index in [0.29, 0.717) is 0 Å². The van der Waals surface area contributed by atoms with Gasteiger partial charge >= 0.3 is 0 Å². The normalized spacial score (nSPS) is 10.5. The van der Waals surface area contributed by atoms with E-state index in [2.05, 4.69) is 28.5 Å². The van der Waals surface area contributed by atoms with Gasteiger partial charge in [0.25, 0.3) is 0 Å². The minimum absolute atomic E-state index is 0. The molecule has 0 aliphatic heterocycles. The third-order valence-corrected chi connectivity index (χ3v) is 2.35. The Bertz CT molecular complexity index is 617. The fraction of sp³-hybridized carbons (Fsp3) is 0.100. The molecule has 0 atom stereocenters. The van der Waals surface area contributed by atoms with Crippen LogP contribution in [0.3, 0.4) is 0 Å². The van der Waals surface area contributed by atoms with Crippen LogP contribution in [0.25, 0.3) is 16.4 Å². The largest absolute Gasteiger partial charge is 0.241 e. The molecule has 0 bridgehead atoms. The summed E-state index contributed by atoms with van der Waals surface area (Å²) in [5.74, 6) is 0. The summed E-state index contributed by atoms with van der Waals surface area (Å²) < 4.78 is 1.65. The van der Waals surface area contributed by atoms with Gasteiger partial charge in [-0.05, 0) is 5.21 Å². The van der Waals surface area contributed by atoms with Gasteiger partial charge < -0.3 is 0 Å². The molecular weight excluding hydrogens is 368 g/mol. The number of pyridine rings is 1. The van der Waals surface area contributed by atoms with E-state index in [4.69, 9.17) is 0 Å². The first-order chi connectivity index (χ1) is 6.86. The van der Waals surface area contributed by atoms with Gasteiger partial charge in [-0.2, -0.15) is 5.10 Å². The molecule has 3 rings (SSSR count). The van der Waals surface area contributed by atoms with Gasteiger partial charge in [-0.3, -0.25) is 0 Å². The number of fused-ring (bicyclic) bond motifs is 3. The zero-order valence-corrected chi connectivity index (χ0v) is 10.3. The molecule has 77 valence electrons. The number of benzene rings is 1. The van der Waals surface area contributed by atoms with Crippen LogP contribution >= 0.6 is 0 Å². The van der Waals surface area contributed by atoms with Crippen LogP contribution in [0.2, 0.25) is 0 Å². The van der Waals surface area contributed by atoms with E-state index >= 15 is 0 Å². The molecule has 0 amide bonds. The molecule has 2 aromatic heterocycles. The third kappa shape index (κ3) is 1.44. The number of aryl methyl sites for hydroxylation is 1. The molecule has 0 saturated carbocycles. The van der Waals surface area contributed by atoms with Crippen LogP contribution in [0.15, 0.2) is 24.4 Å². The summed E-state index contributed by atoms with van der Waals surface area (Å²) in [6.45, 7) is 2.07. The zero-order chi connectivity index (χ0) is 9.54. The van der Waals surface area contributed by atoms with Crippen molar-refractivity contribution in [3.05, 3.63) is 36.0 Å². The molecule has 1 aromatic carbocycles. The average molecular weight is 375 g/mol. The maximum absolute atomic E-state index is 3.96. The van der Waals surface area contributed by atoms with E-state index < -0.39 is 0 Å². The first kappa shape index (κ1) is 10.2. The molecular formula is C10H7IrN4-. The standard InChI is InChI=1S/C10H7N4.Ir/c1-7-3-2-4-9-8(7)5-6-14-10(9)11-12-13-14;/h2-3,5-6H,1H3;/q-1;. The topological polar surface area (TPSA) is 43.1 Å². The predicted molar refractivity (Wildman–Crippen MR) is 51.9 cm³/mol. The summed E-state index contributed by atoms with van der Waals surface area (Å²) in [5, 5.41) is 13.5. The molecule has 4 nitrogen and oxygen atoms in total. The van der Waals surface area contributed by atoms with Crippen LogP contribution in [-0.4, -0.2) is 20.0 Å². The van der Waals surface area contributed by atoms with Gasteiger partial charge in [0.1, 0.15) is 5.65 Å². The molecule has 0 aliphatic carbocycles. The van der Waals surface area contributed by atoms with Gasteiger partial charge in [-0.1, -0.05) is 23.6 Å². The SMILES string of the molecule is Cc1cc[c-]c2c1ccn1nnnc21.[Ir]. The molecule has 0 fully saturated rings. The van der Waals surface area contributed by atoms with Crippen molar-refractivity contribution in [3.63, 3.8) is 0 Å². The van der Waals surface area contributed by atoms with Gasteiger partial charge in [0.2, 0.25) is 0 Å². The van der Waals surface area contributed by atoms with Crippen LogP contribution < -0.4 is 0 Å². The number of hydrogen-bond donors (Lipinski definition) is 0. The number of hydrogen-bond acceptors (Lipinski definition) is 3. The summed E-state index contributed by atoms with van der Waals surface area (Å²) in [7, 11) is 0. The van der Waals surface area contributed by atoms with Crippen LogP contribution in [0, 0.1) is 13.0 Å². The number of tetrazole rings is 1. The van der Waals surface area contributed by atoms with Crippen LogP contribution in [-0.2, 0) is 20.1 Å². The van der Waals surface area contributed by atoms with Gasteiger partial charge in [-0.15, -0.1) is 29.1 Å². The second-order valence-electron chi connectivity index (χ2n) is 3.21. The second kappa shape index (κ2) is 3.68. The second-order valence-corrected chi connectivity index (χ2v) is 3.21. The van der Waals surface area contributed by atoms with E-state index in [-0.39, 0.29) is 20.1 Å². The van der Waals surface area contributed by atoms with Crippen molar-refractivity contribution < 1.29 is 20.1 Å². The van der Waals surface area contributed by atoms with Crippen molar-refractivity contribution in [2.45, 2.75) is 6.92 Å². The van der Waals surface area contributed by atoms with Gasteiger partial charge in [0, 0.05) is 26.3 Å². The quantitative estimate of drug-likeness (QED) is 0.558. The Balaban J connectivity index is 0.000000853.